The highest BCUT2D eigenvalue weighted by Gasteiger charge is 2.11. The van der Waals surface area contributed by atoms with Crippen molar-refractivity contribution in [1.82, 2.24) is 11.0 Å². The van der Waals surface area contributed by atoms with Gasteiger partial charge in [-0.15, -0.1) is 5.11 Å². The van der Waals surface area contributed by atoms with Crippen LogP contribution in [-0.2, 0) is 0 Å². The summed E-state index contributed by atoms with van der Waals surface area (Å²) in [4.78, 5) is 0. The minimum Gasteiger partial charge on any atom is -0.490 e. The van der Waals surface area contributed by atoms with Crippen molar-refractivity contribution in [2.24, 2.45) is 10.3 Å². The van der Waals surface area contributed by atoms with Gasteiger partial charge in [-0.2, -0.15) is 5.43 Å². The van der Waals surface area contributed by atoms with Crippen LogP contribution in [0.5, 0.6) is 5.75 Å². The molecule has 0 bridgehead atoms. The molecule has 1 heterocycles. The lowest BCUT2D eigenvalue weighted by Crippen LogP contribution is -2.34. The van der Waals surface area contributed by atoms with E-state index < -0.39 is 0 Å². The quantitative estimate of drug-likeness (QED) is 0.815. The van der Waals surface area contributed by atoms with E-state index in [1.807, 2.05) is 12.1 Å². The largest absolute Gasteiger partial charge is 0.490 e. The Morgan fingerprint density at radius 3 is 2.62 bits per heavy atom. The van der Waals surface area contributed by atoms with Gasteiger partial charge in [-0.05, 0) is 23.6 Å². The van der Waals surface area contributed by atoms with E-state index in [2.05, 4.69) is 47.3 Å². The van der Waals surface area contributed by atoms with Crippen LogP contribution in [0.1, 0.15) is 25.3 Å². The molecule has 0 aliphatic carbocycles. The number of ether oxygens (including phenoxy) is 1. The van der Waals surface area contributed by atoms with Gasteiger partial charge in [0.05, 0.1) is 0 Å². The van der Waals surface area contributed by atoms with Crippen LogP contribution in [0.15, 0.2) is 34.6 Å². The number of hydrogen-bond acceptors (Lipinski definition) is 5. The second-order valence-electron chi connectivity index (χ2n) is 4.02. The third-order valence-electron chi connectivity index (χ3n) is 2.43. The van der Waals surface area contributed by atoms with Crippen molar-refractivity contribution < 1.29 is 4.74 Å². The van der Waals surface area contributed by atoms with Gasteiger partial charge in [0.1, 0.15) is 12.4 Å². The molecule has 1 aliphatic heterocycles. The van der Waals surface area contributed by atoms with Crippen LogP contribution in [0.4, 0.5) is 0 Å². The molecule has 5 nitrogen and oxygen atoms in total. The fourth-order valence-electron chi connectivity index (χ4n) is 1.43. The van der Waals surface area contributed by atoms with Gasteiger partial charge in [0.2, 0.25) is 0 Å². The molecule has 1 aromatic rings. The van der Waals surface area contributed by atoms with Gasteiger partial charge < -0.3 is 4.74 Å². The zero-order valence-corrected chi connectivity index (χ0v) is 9.47. The van der Waals surface area contributed by atoms with Crippen molar-refractivity contribution in [3.05, 3.63) is 29.8 Å². The Hall–Kier alpha value is -1.62. The molecule has 0 aromatic heterocycles. The predicted molar refractivity (Wildman–Crippen MR) is 60.9 cm³/mol. The second-order valence-corrected chi connectivity index (χ2v) is 4.02. The fraction of sp³-hybridized carbons (Fsp3) is 0.455. The van der Waals surface area contributed by atoms with Gasteiger partial charge in [-0.1, -0.05) is 31.2 Å². The number of nitrogens with zero attached hydrogens (tertiary/aromatic N) is 2. The van der Waals surface area contributed by atoms with E-state index in [-0.39, 0.29) is 6.17 Å². The monoisotopic (exact) mass is 220 g/mol. The van der Waals surface area contributed by atoms with Crippen LogP contribution < -0.4 is 15.7 Å². The van der Waals surface area contributed by atoms with Gasteiger partial charge in [0, 0.05) is 0 Å². The molecule has 0 radical (unpaired) electrons. The van der Waals surface area contributed by atoms with Crippen LogP contribution in [0, 0.1) is 0 Å². The molecule has 1 aliphatic rings. The van der Waals surface area contributed by atoms with Crippen molar-refractivity contribution in [3.8, 4) is 5.75 Å². The standard InChI is InChI=1S/C11H16N4O/c1-8(2)9-3-5-10(6-4-9)16-7-11-12-14-15-13-11/h3-6,8,11H,7H2,1-2H3,(H,12,15)(H,13,14). The molecule has 2 rings (SSSR count). The van der Waals surface area contributed by atoms with Gasteiger partial charge in [-0.25, -0.2) is 5.53 Å². The van der Waals surface area contributed by atoms with Crippen LogP contribution in [0.25, 0.3) is 0 Å². The molecule has 1 aromatic carbocycles. The van der Waals surface area contributed by atoms with Crippen LogP contribution >= 0.6 is 0 Å². The molecule has 0 saturated carbocycles. The molecule has 0 amide bonds. The first-order valence-electron chi connectivity index (χ1n) is 5.39. The van der Waals surface area contributed by atoms with E-state index in [0.717, 1.165) is 5.75 Å². The number of rotatable bonds is 4. The van der Waals surface area contributed by atoms with Crippen molar-refractivity contribution in [3.63, 3.8) is 0 Å². The van der Waals surface area contributed by atoms with E-state index in [9.17, 15) is 0 Å². The Balaban J connectivity index is 1.87. The summed E-state index contributed by atoms with van der Waals surface area (Å²) in [6.45, 7) is 4.81. The fourth-order valence-corrected chi connectivity index (χ4v) is 1.43. The first-order chi connectivity index (χ1) is 7.75. The molecule has 86 valence electrons. The van der Waals surface area contributed by atoms with Crippen molar-refractivity contribution >= 4 is 0 Å². The summed E-state index contributed by atoms with van der Waals surface area (Å²) in [6, 6.07) is 8.13. The number of hydrogen-bond donors (Lipinski definition) is 2. The summed E-state index contributed by atoms with van der Waals surface area (Å²) < 4.78 is 5.57. The molecule has 1 unspecified atom stereocenters. The highest BCUT2D eigenvalue weighted by Crippen LogP contribution is 2.18. The smallest absolute Gasteiger partial charge is 0.174 e. The van der Waals surface area contributed by atoms with Crippen LogP contribution in [0.3, 0.4) is 0 Å². The van der Waals surface area contributed by atoms with E-state index in [1.54, 1.807) is 0 Å². The number of benzene rings is 1. The Morgan fingerprint density at radius 1 is 1.31 bits per heavy atom. The summed E-state index contributed by atoms with van der Waals surface area (Å²) >= 11 is 0. The molecule has 0 fully saturated rings. The lowest BCUT2D eigenvalue weighted by molar-refractivity contribution is 0.271. The van der Waals surface area contributed by atoms with E-state index >= 15 is 0 Å². The predicted octanol–water partition coefficient (Wildman–Crippen LogP) is 1.99. The van der Waals surface area contributed by atoms with Gasteiger partial charge in [0.25, 0.3) is 0 Å². The highest BCUT2D eigenvalue weighted by molar-refractivity contribution is 5.28. The Labute approximate surface area is 94.9 Å². The zero-order chi connectivity index (χ0) is 11.4. The SMILES string of the molecule is CC(C)c1ccc(OCC2N=NNN2)cc1. The third kappa shape index (κ3) is 2.70. The molecule has 2 N–H and O–H groups in total. The van der Waals surface area contributed by atoms with Crippen molar-refractivity contribution in [1.29, 1.82) is 0 Å². The molecular formula is C11H16N4O. The van der Waals surface area contributed by atoms with Crippen LogP contribution in [-0.4, -0.2) is 12.8 Å². The number of nitrogens with one attached hydrogen (secondary N) is 2. The minimum absolute atomic E-state index is 0.107. The Bertz CT molecular complexity index is 361. The lowest BCUT2D eigenvalue weighted by Gasteiger charge is -2.10. The maximum atomic E-state index is 5.57. The summed E-state index contributed by atoms with van der Waals surface area (Å²) in [6.07, 6.45) is -0.107. The van der Waals surface area contributed by atoms with E-state index in [1.165, 1.54) is 5.56 Å². The summed E-state index contributed by atoms with van der Waals surface area (Å²) in [5, 5.41) is 7.47. The summed E-state index contributed by atoms with van der Waals surface area (Å²) in [5.41, 5.74) is 6.72. The van der Waals surface area contributed by atoms with Crippen molar-refractivity contribution in [2.45, 2.75) is 25.9 Å². The average Bonchev–Trinajstić information content (AvgIpc) is 2.80. The molecule has 0 saturated heterocycles. The van der Waals surface area contributed by atoms with E-state index in [0.29, 0.717) is 12.5 Å². The molecule has 0 spiro atoms. The first kappa shape index (κ1) is 10.9. The zero-order valence-electron chi connectivity index (χ0n) is 9.47. The normalized spacial score (nSPS) is 18.8. The van der Waals surface area contributed by atoms with Gasteiger partial charge >= 0.3 is 0 Å². The van der Waals surface area contributed by atoms with Gasteiger partial charge in [0.15, 0.2) is 6.17 Å². The maximum absolute atomic E-state index is 5.57. The first-order valence-corrected chi connectivity index (χ1v) is 5.39. The molecule has 5 heteroatoms. The summed E-state index contributed by atoms with van der Waals surface area (Å²) in [5.74, 6) is 1.40. The minimum atomic E-state index is -0.107. The van der Waals surface area contributed by atoms with Gasteiger partial charge in [-0.3, -0.25) is 0 Å². The Morgan fingerprint density at radius 2 is 2.06 bits per heavy atom. The average molecular weight is 220 g/mol. The Kier molecular flexibility index (Phi) is 3.36. The molecule has 1 atom stereocenters. The molecular weight excluding hydrogens is 204 g/mol. The van der Waals surface area contributed by atoms with E-state index in [4.69, 9.17) is 4.74 Å². The maximum Gasteiger partial charge on any atom is 0.174 e. The third-order valence-corrected chi connectivity index (χ3v) is 2.43. The lowest BCUT2D eigenvalue weighted by atomic mass is 10.0. The second kappa shape index (κ2) is 4.94. The topological polar surface area (TPSA) is 58.0 Å². The highest BCUT2D eigenvalue weighted by atomic mass is 16.5. The van der Waals surface area contributed by atoms with Crippen LogP contribution in [0.2, 0.25) is 0 Å². The van der Waals surface area contributed by atoms with Crippen molar-refractivity contribution in [2.75, 3.05) is 6.61 Å². The molecule has 16 heavy (non-hydrogen) atoms. The summed E-state index contributed by atoms with van der Waals surface area (Å²) in [7, 11) is 0. The number of hydrazine groups is 1.